The summed E-state index contributed by atoms with van der Waals surface area (Å²) >= 11 is 0. The van der Waals surface area contributed by atoms with Crippen LogP contribution in [0.15, 0.2) is 36.4 Å². The average molecular weight is 357 g/mol. The predicted molar refractivity (Wildman–Crippen MR) is 98.8 cm³/mol. The zero-order valence-electron chi connectivity index (χ0n) is 15.4. The number of ether oxygens (including phenoxy) is 3. The molecule has 0 radical (unpaired) electrons. The van der Waals surface area contributed by atoms with Gasteiger partial charge in [0.25, 0.3) is 5.91 Å². The molecule has 6 heteroatoms. The van der Waals surface area contributed by atoms with Gasteiger partial charge in [0.05, 0.1) is 26.3 Å². The van der Waals surface area contributed by atoms with E-state index in [0.717, 1.165) is 16.7 Å². The van der Waals surface area contributed by atoms with E-state index in [1.807, 2.05) is 32.0 Å². The van der Waals surface area contributed by atoms with Crippen molar-refractivity contribution >= 4 is 17.6 Å². The fourth-order valence-corrected chi connectivity index (χ4v) is 2.50. The number of benzene rings is 2. The zero-order valence-corrected chi connectivity index (χ0v) is 15.4. The molecule has 0 aliphatic rings. The number of rotatable bonds is 7. The average Bonchev–Trinajstić information content (AvgIpc) is 2.60. The van der Waals surface area contributed by atoms with Gasteiger partial charge in [0.15, 0.2) is 6.61 Å². The highest BCUT2D eigenvalue weighted by molar-refractivity contribution is 5.94. The Morgan fingerprint density at radius 3 is 2.19 bits per heavy atom. The summed E-state index contributed by atoms with van der Waals surface area (Å²) in [5.41, 5.74) is 3.25. The van der Waals surface area contributed by atoms with Crippen LogP contribution >= 0.6 is 0 Å². The van der Waals surface area contributed by atoms with Gasteiger partial charge in [-0.05, 0) is 37.6 Å². The molecule has 2 aromatic rings. The van der Waals surface area contributed by atoms with Crippen molar-refractivity contribution in [2.75, 3.05) is 26.1 Å². The van der Waals surface area contributed by atoms with Gasteiger partial charge < -0.3 is 19.5 Å². The Morgan fingerprint density at radius 2 is 1.54 bits per heavy atom. The van der Waals surface area contributed by atoms with E-state index < -0.39 is 11.9 Å². The van der Waals surface area contributed by atoms with Gasteiger partial charge in [-0.2, -0.15) is 0 Å². The van der Waals surface area contributed by atoms with Crippen LogP contribution in [0.2, 0.25) is 0 Å². The summed E-state index contributed by atoms with van der Waals surface area (Å²) in [6.45, 7) is 3.46. The third-order valence-electron chi connectivity index (χ3n) is 3.76. The van der Waals surface area contributed by atoms with Crippen LogP contribution in [-0.4, -0.2) is 32.7 Å². The van der Waals surface area contributed by atoms with Crippen molar-refractivity contribution in [2.24, 2.45) is 0 Å². The molecule has 26 heavy (non-hydrogen) atoms. The quantitative estimate of drug-likeness (QED) is 0.771. The normalized spacial score (nSPS) is 10.2. The zero-order chi connectivity index (χ0) is 19.1. The topological polar surface area (TPSA) is 73.9 Å². The number of hydrogen-bond donors (Lipinski definition) is 1. The first-order valence-electron chi connectivity index (χ1n) is 8.16. The fourth-order valence-electron chi connectivity index (χ4n) is 2.50. The molecular formula is C20H23NO5. The highest BCUT2D eigenvalue weighted by Crippen LogP contribution is 2.25. The fraction of sp³-hybridized carbons (Fsp3) is 0.300. The van der Waals surface area contributed by atoms with Crippen molar-refractivity contribution in [3.63, 3.8) is 0 Å². The molecule has 1 amide bonds. The molecule has 138 valence electrons. The van der Waals surface area contributed by atoms with Gasteiger partial charge in [-0.1, -0.05) is 23.8 Å². The summed E-state index contributed by atoms with van der Waals surface area (Å²) in [6.07, 6.45) is 0.0336. The molecule has 1 N–H and O–H groups in total. The predicted octanol–water partition coefficient (Wildman–Crippen LogP) is 3.05. The second-order valence-corrected chi connectivity index (χ2v) is 5.90. The lowest BCUT2D eigenvalue weighted by Gasteiger charge is -2.12. The lowest BCUT2D eigenvalue weighted by Crippen LogP contribution is -2.22. The summed E-state index contributed by atoms with van der Waals surface area (Å²) in [7, 11) is 3.07. The summed E-state index contributed by atoms with van der Waals surface area (Å²) in [5.74, 6) is 0.222. The Bertz CT molecular complexity index is 733. The van der Waals surface area contributed by atoms with Crippen molar-refractivity contribution in [3.05, 3.63) is 53.1 Å². The van der Waals surface area contributed by atoms with Gasteiger partial charge in [-0.15, -0.1) is 0 Å². The van der Waals surface area contributed by atoms with Crippen LogP contribution in [0.4, 0.5) is 5.69 Å². The third kappa shape index (κ3) is 5.24. The van der Waals surface area contributed by atoms with Crippen LogP contribution in [0.25, 0.3) is 0 Å². The smallest absolute Gasteiger partial charge is 0.310 e. The van der Waals surface area contributed by atoms with E-state index in [1.54, 1.807) is 25.3 Å². The molecular weight excluding hydrogens is 334 g/mol. The van der Waals surface area contributed by atoms with Gasteiger partial charge in [0.2, 0.25) is 0 Å². The molecule has 0 heterocycles. The molecule has 0 fully saturated rings. The van der Waals surface area contributed by atoms with Crippen LogP contribution in [0, 0.1) is 13.8 Å². The Kier molecular flexibility index (Phi) is 6.60. The largest absolute Gasteiger partial charge is 0.496 e. The van der Waals surface area contributed by atoms with Gasteiger partial charge in [0, 0.05) is 5.56 Å². The number of methoxy groups -OCH3 is 2. The lowest BCUT2D eigenvalue weighted by molar-refractivity contribution is -0.146. The van der Waals surface area contributed by atoms with Gasteiger partial charge >= 0.3 is 5.97 Å². The minimum Gasteiger partial charge on any atom is -0.496 e. The first-order valence-corrected chi connectivity index (χ1v) is 8.16. The minimum absolute atomic E-state index is 0.0336. The molecule has 0 aromatic heterocycles. The molecule has 0 bridgehead atoms. The van der Waals surface area contributed by atoms with E-state index >= 15 is 0 Å². The van der Waals surface area contributed by atoms with Crippen LogP contribution in [0.5, 0.6) is 11.5 Å². The maximum Gasteiger partial charge on any atom is 0.310 e. The Hall–Kier alpha value is -3.02. The number of hydrogen-bond acceptors (Lipinski definition) is 5. The standard InChI is InChI=1S/C20H23NO5/c1-13-5-7-17(24-3)15(9-13)11-20(23)26-12-19(22)21-16-10-14(2)6-8-18(16)25-4/h5-10H,11-12H2,1-4H3,(H,21,22). The van der Waals surface area contributed by atoms with Crippen molar-refractivity contribution < 1.29 is 23.8 Å². The molecule has 0 unspecified atom stereocenters. The van der Waals surface area contributed by atoms with E-state index in [1.165, 1.54) is 7.11 Å². The van der Waals surface area contributed by atoms with E-state index in [0.29, 0.717) is 17.2 Å². The monoisotopic (exact) mass is 357 g/mol. The van der Waals surface area contributed by atoms with Crippen molar-refractivity contribution in [2.45, 2.75) is 20.3 Å². The first kappa shape index (κ1) is 19.3. The lowest BCUT2D eigenvalue weighted by atomic mass is 10.1. The van der Waals surface area contributed by atoms with Crippen molar-refractivity contribution in [1.82, 2.24) is 0 Å². The number of esters is 1. The molecule has 0 spiro atoms. The maximum absolute atomic E-state index is 12.1. The summed E-state index contributed by atoms with van der Waals surface area (Å²) in [5, 5.41) is 2.69. The molecule has 0 saturated heterocycles. The third-order valence-corrected chi connectivity index (χ3v) is 3.76. The van der Waals surface area contributed by atoms with Crippen molar-refractivity contribution in [3.8, 4) is 11.5 Å². The highest BCUT2D eigenvalue weighted by Gasteiger charge is 2.13. The molecule has 0 aliphatic heterocycles. The number of aryl methyl sites for hydroxylation is 2. The van der Waals surface area contributed by atoms with Gasteiger partial charge in [-0.25, -0.2) is 0 Å². The van der Waals surface area contributed by atoms with Gasteiger partial charge in [0.1, 0.15) is 11.5 Å². The number of carbonyl (C=O) groups is 2. The minimum atomic E-state index is -0.500. The van der Waals surface area contributed by atoms with E-state index in [-0.39, 0.29) is 13.0 Å². The second-order valence-electron chi connectivity index (χ2n) is 5.90. The molecule has 0 saturated carbocycles. The number of carbonyl (C=O) groups excluding carboxylic acids is 2. The van der Waals surface area contributed by atoms with Crippen LogP contribution in [0.3, 0.4) is 0 Å². The van der Waals surface area contributed by atoms with Crippen LogP contribution in [0.1, 0.15) is 16.7 Å². The second kappa shape index (κ2) is 8.89. The summed E-state index contributed by atoms with van der Waals surface area (Å²) in [6, 6.07) is 11.0. The van der Waals surface area contributed by atoms with Crippen LogP contribution < -0.4 is 14.8 Å². The Morgan fingerprint density at radius 1 is 0.923 bits per heavy atom. The maximum atomic E-state index is 12.1. The number of amides is 1. The van der Waals surface area contributed by atoms with E-state index in [9.17, 15) is 9.59 Å². The first-order chi connectivity index (χ1) is 12.4. The number of anilines is 1. The Labute approximate surface area is 153 Å². The van der Waals surface area contributed by atoms with E-state index in [4.69, 9.17) is 14.2 Å². The highest BCUT2D eigenvalue weighted by atomic mass is 16.5. The van der Waals surface area contributed by atoms with Crippen LogP contribution in [-0.2, 0) is 20.7 Å². The van der Waals surface area contributed by atoms with Crippen molar-refractivity contribution in [1.29, 1.82) is 0 Å². The van der Waals surface area contributed by atoms with Gasteiger partial charge in [-0.3, -0.25) is 9.59 Å². The Balaban J connectivity index is 1.92. The molecule has 0 aliphatic carbocycles. The molecule has 2 aromatic carbocycles. The molecule has 0 atom stereocenters. The molecule has 2 rings (SSSR count). The molecule has 6 nitrogen and oxygen atoms in total. The number of nitrogens with one attached hydrogen (secondary N) is 1. The SMILES string of the molecule is COc1ccc(C)cc1CC(=O)OCC(=O)Nc1cc(C)ccc1OC. The van der Waals surface area contributed by atoms with E-state index in [2.05, 4.69) is 5.32 Å². The summed E-state index contributed by atoms with van der Waals surface area (Å²) in [4.78, 5) is 24.1. The summed E-state index contributed by atoms with van der Waals surface area (Å²) < 4.78 is 15.5.